The van der Waals surface area contributed by atoms with Crippen molar-refractivity contribution in [1.29, 1.82) is 0 Å². The standard InChI is InChI=1S/C16H25NO/c1-2-13-6-5-9-15(12-13)18-11-10-16(17)14-7-3-4-8-14/h5-6,9,12,14,16H,2-4,7-8,10-11,17H2,1H3. The molecule has 2 nitrogen and oxygen atoms in total. The predicted molar refractivity (Wildman–Crippen MR) is 75.9 cm³/mol. The summed E-state index contributed by atoms with van der Waals surface area (Å²) >= 11 is 0. The Morgan fingerprint density at radius 2 is 2.11 bits per heavy atom. The van der Waals surface area contributed by atoms with Gasteiger partial charge in [0.05, 0.1) is 6.61 Å². The highest BCUT2D eigenvalue weighted by molar-refractivity contribution is 5.28. The van der Waals surface area contributed by atoms with Gasteiger partial charge in [0.25, 0.3) is 0 Å². The number of ether oxygens (including phenoxy) is 1. The molecule has 1 aliphatic rings. The van der Waals surface area contributed by atoms with Gasteiger partial charge in [0.2, 0.25) is 0 Å². The van der Waals surface area contributed by atoms with Gasteiger partial charge in [-0.15, -0.1) is 0 Å². The second-order valence-electron chi connectivity index (χ2n) is 5.35. The van der Waals surface area contributed by atoms with Crippen molar-refractivity contribution in [3.63, 3.8) is 0 Å². The van der Waals surface area contributed by atoms with E-state index in [4.69, 9.17) is 10.5 Å². The lowest BCUT2D eigenvalue weighted by atomic mass is 9.97. The molecule has 1 aromatic rings. The number of rotatable bonds is 6. The predicted octanol–water partition coefficient (Wildman–Crippen LogP) is 3.54. The third kappa shape index (κ3) is 3.74. The summed E-state index contributed by atoms with van der Waals surface area (Å²) in [6, 6.07) is 8.67. The molecule has 1 saturated carbocycles. The van der Waals surface area contributed by atoms with Crippen molar-refractivity contribution >= 4 is 0 Å². The molecule has 2 heteroatoms. The van der Waals surface area contributed by atoms with Crippen LogP contribution in [0.3, 0.4) is 0 Å². The Balaban J connectivity index is 1.73. The van der Waals surface area contributed by atoms with Gasteiger partial charge in [0, 0.05) is 6.04 Å². The fourth-order valence-corrected chi connectivity index (χ4v) is 2.79. The van der Waals surface area contributed by atoms with E-state index in [1.165, 1.54) is 31.2 Å². The minimum absolute atomic E-state index is 0.321. The van der Waals surface area contributed by atoms with Crippen LogP contribution >= 0.6 is 0 Å². The fraction of sp³-hybridized carbons (Fsp3) is 0.625. The summed E-state index contributed by atoms with van der Waals surface area (Å²) in [7, 11) is 0. The van der Waals surface area contributed by atoms with Crippen molar-refractivity contribution in [2.24, 2.45) is 11.7 Å². The van der Waals surface area contributed by atoms with E-state index in [9.17, 15) is 0 Å². The van der Waals surface area contributed by atoms with Gasteiger partial charge >= 0.3 is 0 Å². The molecule has 2 rings (SSSR count). The maximum absolute atomic E-state index is 6.22. The van der Waals surface area contributed by atoms with Crippen LogP contribution in [0.5, 0.6) is 5.75 Å². The summed E-state index contributed by atoms with van der Waals surface area (Å²) in [6.45, 7) is 2.90. The highest BCUT2D eigenvalue weighted by Gasteiger charge is 2.21. The van der Waals surface area contributed by atoms with E-state index >= 15 is 0 Å². The van der Waals surface area contributed by atoms with Crippen LogP contribution in [0.25, 0.3) is 0 Å². The van der Waals surface area contributed by atoms with Crippen LogP contribution in [-0.2, 0) is 6.42 Å². The van der Waals surface area contributed by atoms with Gasteiger partial charge in [-0.2, -0.15) is 0 Å². The Labute approximate surface area is 111 Å². The number of aryl methyl sites for hydroxylation is 1. The summed E-state index contributed by atoms with van der Waals surface area (Å²) in [5, 5.41) is 0. The summed E-state index contributed by atoms with van der Waals surface area (Å²) < 4.78 is 5.80. The third-order valence-corrected chi connectivity index (χ3v) is 4.03. The second kappa shape index (κ2) is 6.79. The zero-order chi connectivity index (χ0) is 12.8. The average Bonchev–Trinajstić information content (AvgIpc) is 2.93. The van der Waals surface area contributed by atoms with Crippen LogP contribution in [0.2, 0.25) is 0 Å². The largest absolute Gasteiger partial charge is 0.494 e. The molecule has 1 aromatic carbocycles. The van der Waals surface area contributed by atoms with E-state index in [0.29, 0.717) is 6.04 Å². The molecule has 0 spiro atoms. The highest BCUT2D eigenvalue weighted by atomic mass is 16.5. The smallest absolute Gasteiger partial charge is 0.119 e. The van der Waals surface area contributed by atoms with Crippen molar-refractivity contribution in [2.75, 3.05) is 6.61 Å². The number of hydrogen-bond acceptors (Lipinski definition) is 2. The molecule has 0 radical (unpaired) electrons. The van der Waals surface area contributed by atoms with Gasteiger partial charge in [0.1, 0.15) is 5.75 Å². The molecular weight excluding hydrogens is 222 g/mol. The first kappa shape index (κ1) is 13.4. The van der Waals surface area contributed by atoms with Crippen molar-refractivity contribution in [1.82, 2.24) is 0 Å². The molecule has 0 aliphatic heterocycles. The molecule has 1 atom stereocenters. The fourth-order valence-electron chi connectivity index (χ4n) is 2.79. The SMILES string of the molecule is CCc1cccc(OCCC(N)C2CCCC2)c1. The summed E-state index contributed by atoms with van der Waals surface area (Å²) in [6.07, 6.45) is 7.37. The lowest BCUT2D eigenvalue weighted by Crippen LogP contribution is -2.30. The molecule has 0 amide bonds. The Hall–Kier alpha value is -1.02. The van der Waals surface area contributed by atoms with Crippen LogP contribution in [0.15, 0.2) is 24.3 Å². The lowest BCUT2D eigenvalue weighted by Gasteiger charge is -2.18. The first-order valence-electron chi connectivity index (χ1n) is 7.27. The molecule has 1 aliphatic carbocycles. The number of hydrogen-bond donors (Lipinski definition) is 1. The topological polar surface area (TPSA) is 35.2 Å². The van der Waals surface area contributed by atoms with Crippen molar-refractivity contribution in [3.05, 3.63) is 29.8 Å². The monoisotopic (exact) mass is 247 g/mol. The van der Waals surface area contributed by atoms with E-state index in [-0.39, 0.29) is 0 Å². The molecule has 2 N–H and O–H groups in total. The van der Waals surface area contributed by atoms with E-state index in [0.717, 1.165) is 31.1 Å². The molecule has 100 valence electrons. The minimum atomic E-state index is 0.321. The molecule has 1 unspecified atom stereocenters. The molecule has 0 bridgehead atoms. The Morgan fingerprint density at radius 3 is 2.83 bits per heavy atom. The molecule has 0 heterocycles. The van der Waals surface area contributed by atoms with Gasteiger partial charge in [-0.3, -0.25) is 0 Å². The average molecular weight is 247 g/mol. The molecule has 0 saturated heterocycles. The normalized spacial score (nSPS) is 17.9. The van der Waals surface area contributed by atoms with Crippen LogP contribution in [0.1, 0.15) is 44.6 Å². The summed E-state index contributed by atoms with van der Waals surface area (Å²) in [5.41, 5.74) is 7.55. The first-order valence-corrected chi connectivity index (χ1v) is 7.27. The summed E-state index contributed by atoms with van der Waals surface area (Å²) in [4.78, 5) is 0. The van der Waals surface area contributed by atoms with Gasteiger partial charge < -0.3 is 10.5 Å². The lowest BCUT2D eigenvalue weighted by molar-refractivity contribution is 0.274. The Morgan fingerprint density at radius 1 is 1.33 bits per heavy atom. The van der Waals surface area contributed by atoms with Crippen LogP contribution in [0, 0.1) is 5.92 Å². The molecule has 0 aromatic heterocycles. The minimum Gasteiger partial charge on any atom is -0.494 e. The van der Waals surface area contributed by atoms with Crippen LogP contribution in [0.4, 0.5) is 0 Å². The Kier molecular flexibility index (Phi) is 5.06. The zero-order valence-electron chi connectivity index (χ0n) is 11.4. The van der Waals surface area contributed by atoms with Gasteiger partial charge in [-0.1, -0.05) is 31.9 Å². The van der Waals surface area contributed by atoms with Crippen molar-refractivity contribution in [2.45, 2.75) is 51.5 Å². The second-order valence-corrected chi connectivity index (χ2v) is 5.35. The zero-order valence-corrected chi connectivity index (χ0v) is 11.4. The van der Waals surface area contributed by atoms with Crippen LogP contribution in [-0.4, -0.2) is 12.6 Å². The number of benzene rings is 1. The third-order valence-electron chi connectivity index (χ3n) is 4.03. The Bertz CT molecular complexity index is 358. The first-order chi connectivity index (χ1) is 8.79. The number of nitrogens with two attached hydrogens (primary N) is 1. The van der Waals surface area contributed by atoms with E-state index in [2.05, 4.69) is 25.1 Å². The maximum atomic E-state index is 6.22. The van der Waals surface area contributed by atoms with Gasteiger partial charge in [-0.05, 0) is 49.3 Å². The van der Waals surface area contributed by atoms with E-state index in [1.807, 2.05) is 6.07 Å². The van der Waals surface area contributed by atoms with Gasteiger partial charge in [-0.25, -0.2) is 0 Å². The van der Waals surface area contributed by atoms with E-state index in [1.54, 1.807) is 0 Å². The van der Waals surface area contributed by atoms with E-state index < -0.39 is 0 Å². The molecule has 1 fully saturated rings. The molecular formula is C16H25NO. The summed E-state index contributed by atoms with van der Waals surface area (Å²) in [5.74, 6) is 1.71. The van der Waals surface area contributed by atoms with Crippen LogP contribution < -0.4 is 10.5 Å². The van der Waals surface area contributed by atoms with Crippen molar-refractivity contribution in [3.8, 4) is 5.75 Å². The quantitative estimate of drug-likeness (QED) is 0.834. The highest BCUT2D eigenvalue weighted by Crippen LogP contribution is 2.28. The van der Waals surface area contributed by atoms with Crippen molar-refractivity contribution < 1.29 is 4.74 Å². The molecule has 18 heavy (non-hydrogen) atoms. The van der Waals surface area contributed by atoms with Gasteiger partial charge in [0.15, 0.2) is 0 Å². The maximum Gasteiger partial charge on any atom is 0.119 e.